The second kappa shape index (κ2) is 11.6. The highest BCUT2D eigenvalue weighted by molar-refractivity contribution is 8.13. The van der Waals surface area contributed by atoms with Gasteiger partial charge in [0.25, 0.3) is 0 Å². The Bertz CT molecular complexity index is 419. The van der Waals surface area contributed by atoms with Crippen molar-refractivity contribution in [3.8, 4) is 0 Å². The first-order chi connectivity index (χ1) is 10.3. The number of carbonyl (C=O) groups excluding carboxylic acids is 1. The molecule has 2 N–H and O–H groups in total. The maximum Gasteiger partial charge on any atom is 0.437 e. The molecule has 1 amide bonds. The summed E-state index contributed by atoms with van der Waals surface area (Å²) < 4.78 is 25.2. The summed E-state index contributed by atoms with van der Waals surface area (Å²) in [5, 5.41) is 6.49. The molecule has 0 bridgehead atoms. The second-order valence-corrected chi connectivity index (χ2v) is 9.98. The lowest BCUT2D eigenvalue weighted by Gasteiger charge is -2.27. The smallest absolute Gasteiger partial charge is 0.437 e. The van der Waals surface area contributed by atoms with Crippen LogP contribution in [0, 0.1) is 0 Å². The molecule has 0 aliphatic carbocycles. The van der Waals surface area contributed by atoms with Gasteiger partial charge in [-0.15, -0.1) is 16.5 Å². The van der Waals surface area contributed by atoms with Crippen molar-refractivity contribution >= 4 is 52.6 Å². The van der Waals surface area contributed by atoms with Crippen molar-refractivity contribution in [2.24, 2.45) is 5.16 Å². The fourth-order valence-corrected chi connectivity index (χ4v) is 4.92. The SMILES string of the molecule is CCC(N[S+]([O-])CNC(=O)ON=C(C)SC)P(=S)(OC)OC. The molecular formula is C10H22N3O5PS3. The van der Waals surface area contributed by atoms with Gasteiger partial charge in [0, 0.05) is 14.2 Å². The first kappa shape index (κ1) is 22.1. The van der Waals surface area contributed by atoms with Crippen molar-refractivity contribution in [2.45, 2.75) is 26.1 Å². The summed E-state index contributed by atoms with van der Waals surface area (Å²) in [6, 6.07) is 0. The Balaban J connectivity index is 4.35. The molecule has 0 saturated carbocycles. The average Bonchev–Trinajstić information content (AvgIpc) is 2.54. The minimum atomic E-state index is -2.56. The van der Waals surface area contributed by atoms with Gasteiger partial charge in [-0.1, -0.05) is 12.1 Å². The zero-order valence-electron chi connectivity index (χ0n) is 13.2. The van der Waals surface area contributed by atoms with Gasteiger partial charge in [-0.2, -0.15) is 0 Å². The Hall–Kier alpha value is 0.130. The van der Waals surface area contributed by atoms with Gasteiger partial charge in [-0.25, -0.2) is 4.79 Å². The van der Waals surface area contributed by atoms with Crippen molar-refractivity contribution < 1.29 is 23.2 Å². The van der Waals surface area contributed by atoms with E-state index in [1.807, 2.05) is 6.92 Å². The molecule has 0 spiro atoms. The molecule has 0 rings (SSSR count). The van der Waals surface area contributed by atoms with E-state index in [0.717, 1.165) is 0 Å². The van der Waals surface area contributed by atoms with Crippen LogP contribution in [0.4, 0.5) is 4.79 Å². The highest BCUT2D eigenvalue weighted by Crippen LogP contribution is 2.52. The lowest BCUT2D eigenvalue weighted by atomic mass is 10.5. The number of thioether (sulfide) groups is 1. The van der Waals surface area contributed by atoms with E-state index in [9.17, 15) is 9.35 Å². The van der Waals surface area contributed by atoms with Crippen LogP contribution in [0.5, 0.6) is 0 Å². The normalized spacial score (nSPS) is 15.3. The summed E-state index contributed by atoms with van der Waals surface area (Å²) in [6.07, 6.45) is 1.60. The number of hydrogen-bond donors (Lipinski definition) is 2. The molecule has 22 heavy (non-hydrogen) atoms. The molecule has 130 valence electrons. The van der Waals surface area contributed by atoms with Gasteiger partial charge in [0.2, 0.25) is 12.4 Å². The van der Waals surface area contributed by atoms with E-state index in [-0.39, 0.29) is 11.7 Å². The van der Waals surface area contributed by atoms with Gasteiger partial charge in [-0.05, 0) is 31.4 Å². The molecule has 2 atom stereocenters. The molecule has 0 radical (unpaired) electrons. The number of hydrogen-bond acceptors (Lipinski definition) is 9. The molecule has 0 aliphatic heterocycles. The number of rotatable bonds is 9. The van der Waals surface area contributed by atoms with Gasteiger partial charge < -0.3 is 13.6 Å². The molecule has 8 nitrogen and oxygen atoms in total. The Labute approximate surface area is 143 Å². The van der Waals surface area contributed by atoms with Gasteiger partial charge in [0.15, 0.2) is 0 Å². The van der Waals surface area contributed by atoms with E-state index >= 15 is 0 Å². The zero-order valence-corrected chi connectivity index (χ0v) is 16.5. The summed E-state index contributed by atoms with van der Waals surface area (Å²) in [7, 11) is 2.92. The Morgan fingerprint density at radius 2 is 2.09 bits per heavy atom. The lowest BCUT2D eigenvalue weighted by molar-refractivity contribution is 0.152. The van der Waals surface area contributed by atoms with Gasteiger partial charge in [-0.3, -0.25) is 10.2 Å². The summed E-state index contributed by atoms with van der Waals surface area (Å²) in [5.74, 6) is -0.528. The van der Waals surface area contributed by atoms with Crippen LogP contribution in [0.25, 0.3) is 0 Å². The van der Waals surface area contributed by atoms with Crippen molar-refractivity contribution in [3.63, 3.8) is 0 Å². The van der Waals surface area contributed by atoms with Crippen LogP contribution < -0.4 is 10.0 Å². The molecule has 2 unspecified atom stereocenters. The maximum absolute atomic E-state index is 11.9. The molecule has 12 heteroatoms. The van der Waals surface area contributed by atoms with E-state index in [1.54, 1.807) is 13.2 Å². The number of amides is 1. The Morgan fingerprint density at radius 3 is 2.55 bits per heavy atom. The highest BCUT2D eigenvalue weighted by Gasteiger charge is 2.31. The zero-order chi connectivity index (χ0) is 17.2. The third-order valence-corrected chi connectivity index (χ3v) is 8.17. The van der Waals surface area contributed by atoms with Crippen LogP contribution in [0.15, 0.2) is 5.16 Å². The van der Waals surface area contributed by atoms with Crippen molar-refractivity contribution in [1.29, 1.82) is 0 Å². The monoisotopic (exact) mass is 391 g/mol. The largest absolute Gasteiger partial charge is 0.597 e. The first-order valence-electron chi connectivity index (χ1n) is 6.22. The van der Waals surface area contributed by atoms with E-state index in [2.05, 4.69) is 20.0 Å². The summed E-state index contributed by atoms with van der Waals surface area (Å²) in [5.41, 5.74) is 0. The topological polar surface area (TPSA) is 104 Å². The Morgan fingerprint density at radius 1 is 1.50 bits per heavy atom. The molecule has 0 fully saturated rings. The van der Waals surface area contributed by atoms with Crippen LogP contribution in [0.2, 0.25) is 0 Å². The third kappa shape index (κ3) is 8.11. The number of nitrogens with zero attached hydrogens (tertiary/aromatic N) is 1. The molecule has 0 aromatic heterocycles. The minimum absolute atomic E-state index is 0.147. The fraction of sp³-hybridized carbons (Fsp3) is 0.800. The van der Waals surface area contributed by atoms with Gasteiger partial charge >= 0.3 is 6.09 Å². The van der Waals surface area contributed by atoms with Gasteiger partial charge in [0.1, 0.15) is 10.8 Å². The average molecular weight is 391 g/mol. The quantitative estimate of drug-likeness (QED) is 0.153. The summed E-state index contributed by atoms with van der Waals surface area (Å²) in [6.45, 7) is 1.01. The molecule has 0 aromatic carbocycles. The third-order valence-electron chi connectivity index (χ3n) is 2.44. The Kier molecular flexibility index (Phi) is 11.7. The van der Waals surface area contributed by atoms with E-state index in [4.69, 9.17) is 20.9 Å². The maximum atomic E-state index is 11.9. The van der Waals surface area contributed by atoms with Crippen LogP contribution in [0.3, 0.4) is 0 Å². The fourth-order valence-electron chi connectivity index (χ4n) is 1.19. The minimum Gasteiger partial charge on any atom is -0.597 e. The molecule has 0 aliphatic rings. The van der Waals surface area contributed by atoms with Crippen LogP contribution in [-0.4, -0.2) is 47.8 Å². The predicted molar refractivity (Wildman–Crippen MR) is 94.8 cm³/mol. The van der Waals surface area contributed by atoms with Crippen LogP contribution in [0.1, 0.15) is 20.3 Å². The predicted octanol–water partition coefficient (Wildman–Crippen LogP) is 1.96. The molecule has 0 aromatic rings. The first-order valence-corrected chi connectivity index (χ1v) is 11.5. The summed E-state index contributed by atoms with van der Waals surface area (Å²) >= 11 is 5.10. The van der Waals surface area contributed by atoms with E-state index < -0.39 is 23.9 Å². The van der Waals surface area contributed by atoms with Crippen molar-refractivity contribution in [3.05, 3.63) is 0 Å². The number of nitrogens with one attached hydrogen (secondary N) is 2. The van der Waals surface area contributed by atoms with Crippen LogP contribution >= 0.6 is 18.3 Å². The van der Waals surface area contributed by atoms with Crippen molar-refractivity contribution in [1.82, 2.24) is 10.0 Å². The van der Waals surface area contributed by atoms with E-state index in [0.29, 0.717) is 11.5 Å². The molecular weight excluding hydrogens is 369 g/mol. The van der Waals surface area contributed by atoms with Crippen molar-refractivity contribution in [2.75, 3.05) is 26.4 Å². The molecule has 0 saturated heterocycles. The summed E-state index contributed by atoms with van der Waals surface area (Å²) in [4.78, 5) is 15.9. The van der Waals surface area contributed by atoms with E-state index in [1.165, 1.54) is 26.0 Å². The molecule has 0 heterocycles. The lowest BCUT2D eigenvalue weighted by Crippen LogP contribution is -2.41. The number of carbonyl (C=O) groups is 1. The highest BCUT2D eigenvalue weighted by atomic mass is 32.5. The number of oxime groups is 1. The van der Waals surface area contributed by atoms with Gasteiger partial charge in [0.05, 0.1) is 11.4 Å². The van der Waals surface area contributed by atoms with Crippen LogP contribution in [-0.2, 0) is 37.1 Å². The standard InChI is InChI=1S/C10H22N3O5PS3/c1-6-9(19(20,16-3)17-4)13-22(15)7-11-10(14)18-12-8(2)21-5/h9,13H,6-7H2,1-5H3,(H,11,14). The second-order valence-electron chi connectivity index (χ2n) is 3.81.